The van der Waals surface area contributed by atoms with E-state index in [-0.39, 0.29) is 30.1 Å². The molecular formula is C22H30IN3O3. The zero-order valence-corrected chi connectivity index (χ0v) is 19.6. The number of aryl methyl sites for hydroxylation is 1. The number of nitrogens with one attached hydrogen (secondary N) is 2. The number of hydrogen-bond donors (Lipinski definition) is 2. The van der Waals surface area contributed by atoms with Crippen LogP contribution in [0.5, 0.6) is 11.5 Å². The van der Waals surface area contributed by atoms with Gasteiger partial charge in [-0.3, -0.25) is 4.99 Å². The molecule has 0 spiro atoms. The third-order valence-electron chi connectivity index (χ3n) is 4.67. The first-order chi connectivity index (χ1) is 13.7. The number of nitrogens with zero attached hydrogens (tertiary/aromatic N) is 1. The molecule has 3 rings (SSSR count). The molecule has 0 radical (unpaired) electrons. The Morgan fingerprint density at radius 3 is 2.72 bits per heavy atom. The Labute approximate surface area is 190 Å². The Morgan fingerprint density at radius 1 is 1.17 bits per heavy atom. The zero-order valence-electron chi connectivity index (χ0n) is 17.2. The van der Waals surface area contributed by atoms with Crippen molar-refractivity contribution >= 4 is 29.9 Å². The van der Waals surface area contributed by atoms with Crippen molar-refractivity contribution < 1.29 is 14.2 Å². The second-order valence-corrected chi connectivity index (χ2v) is 6.85. The molecular weight excluding hydrogens is 481 g/mol. The third kappa shape index (κ3) is 7.08. The number of guanidine groups is 1. The van der Waals surface area contributed by atoms with Crippen LogP contribution in [0.15, 0.2) is 47.5 Å². The lowest BCUT2D eigenvalue weighted by Gasteiger charge is -2.18. The molecule has 1 unspecified atom stereocenters. The first-order valence-corrected chi connectivity index (χ1v) is 9.59. The molecule has 1 aliphatic heterocycles. The van der Waals surface area contributed by atoms with Gasteiger partial charge in [0.25, 0.3) is 0 Å². The van der Waals surface area contributed by atoms with Gasteiger partial charge in [0.1, 0.15) is 17.6 Å². The van der Waals surface area contributed by atoms with Crippen LogP contribution in [0.25, 0.3) is 0 Å². The topological polar surface area (TPSA) is 64.1 Å². The van der Waals surface area contributed by atoms with Crippen molar-refractivity contribution in [3.05, 3.63) is 59.2 Å². The lowest BCUT2D eigenvalue weighted by Crippen LogP contribution is -2.36. The molecule has 158 valence electrons. The monoisotopic (exact) mass is 511 g/mol. The third-order valence-corrected chi connectivity index (χ3v) is 4.67. The Hall–Kier alpha value is -2.00. The minimum atomic E-state index is 0. The second-order valence-electron chi connectivity index (χ2n) is 6.85. The molecule has 1 saturated heterocycles. The Balaban J connectivity index is 0.00000300. The fourth-order valence-corrected chi connectivity index (χ4v) is 3.07. The number of hydrogen-bond acceptors (Lipinski definition) is 4. The van der Waals surface area contributed by atoms with Crippen molar-refractivity contribution in [2.45, 2.75) is 32.5 Å². The molecule has 1 fully saturated rings. The van der Waals surface area contributed by atoms with Gasteiger partial charge in [-0.05, 0) is 36.2 Å². The fraction of sp³-hybridized carbons (Fsp3) is 0.409. The number of aliphatic imine (C=N–C) groups is 1. The van der Waals surface area contributed by atoms with Crippen LogP contribution in [0.3, 0.4) is 0 Å². The standard InChI is InChI=1S/C22H29N3O3.HI/c1-16-7-8-18(21(11-16)28-20-9-10-27-15-20)14-25-22(23-2)24-13-17-5-4-6-19(12-17)26-3;/h4-8,11-12,20H,9-10,13-15H2,1-3H3,(H2,23,24,25);1H. The van der Waals surface area contributed by atoms with Gasteiger partial charge in [0.05, 0.1) is 20.3 Å². The summed E-state index contributed by atoms with van der Waals surface area (Å²) in [5.41, 5.74) is 3.41. The minimum absolute atomic E-state index is 0. The molecule has 0 bridgehead atoms. The molecule has 0 amide bonds. The SMILES string of the molecule is CN=C(NCc1cccc(OC)c1)NCc1ccc(C)cc1OC1CCOC1.I. The summed E-state index contributed by atoms with van der Waals surface area (Å²) in [4.78, 5) is 4.31. The van der Waals surface area contributed by atoms with Crippen LogP contribution in [0.4, 0.5) is 0 Å². The first-order valence-electron chi connectivity index (χ1n) is 9.59. The Morgan fingerprint density at radius 2 is 2.00 bits per heavy atom. The molecule has 7 heteroatoms. The van der Waals surface area contributed by atoms with Crippen LogP contribution < -0.4 is 20.1 Å². The van der Waals surface area contributed by atoms with Gasteiger partial charge in [0.15, 0.2) is 5.96 Å². The highest BCUT2D eigenvalue weighted by atomic mass is 127. The van der Waals surface area contributed by atoms with Gasteiger partial charge < -0.3 is 24.8 Å². The number of benzene rings is 2. The summed E-state index contributed by atoms with van der Waals surface area (Å²) in [5, 5.41) is 6.70. The van der Waals surface area contributed by atoms with Crippen molar-refractivity contribution in [2.24, 2.45) is 4.99 Å². The normalized spacial score (nSPS) is 16.1. The van der Waals surface area contributed by atoms with Gasteiger partial charge in [-0.1, -0.05) is 24.3 Å². The first kappa shape index (κ1) is 23.3. The smallest absolute Gasteiger partial charge is 0.191 e. The van der Waals surface area contributed by atoms with Gasteiger partial charge >= 0.3 is 0 Å². The van der Waals surface area contributed by atoms with E-state index in [0.29, 0.717) is 19.7 Å². The summed E-state index contributed by atoms with van der Waals surface area (Å²) in [5.74, 6) is 2.49. The maximum absolute atomic E-state index is 6.17. The van der Waals surface area contributed by atoms with Crippen molar-refractivity contribution in [2.75, 3.05) is 27.4 Å². The van der Waals surface area contributed by atoms with Crippen LogP contribution >= 0.6 is 24.0 Å². The molecule has 2 aromatic rings. The quantitative estimate of drug-likeness (QED) is 0.338. The maximum atomic E-state index is 6.17. The predicted molar refractivity (Wildman–Crippen MR) is 126 cm³/mol. The highest BCUT2D eigenvalue weighted by Gasteiger charge is 2.18. The predicted octanol–water partition coefficient (Wildman–Crippen LogP) is 3.65. The molecule has 2 aromatic carbocycles. The number of rotatable bonds is 7. The molecule has 1 atom stereocenters. The van der Waals surface area contributed by atoms with Gasteiger partial charge in [0.2, 0.25) is 0 Å². The fourth-order valence-electron chi connectivity index (χ4n) is 3.07. The van der Waals surface area contributed by atoms with E-state index in [9.17, 15) is 0 Å². The van der Waals surface area contributed by atoms with E-state index in [1.54, 1.807) is 14.2 Å². The van der Waals surface area contributed by atoms with E-state index in [4.69, 9.17) is 14.2 Å². The van der Waals surface area contributed by atoms with Crippen molar-refractivity contribution in [1.82, 2.24) is 10.6 Å². The maximum Gasteiger partial charge on any atom is 0.191 e. The van der Waals surface area contributed by atoms with Crippen molar-refractivity contribution in [3.63, 3.8) is 0 Å². The van der Waals surface area contributed by atoms with Gasteiger partial charge in [-0.15, -0.1) is 24.0 Å². The highest BCUT2D eigenvalue weighted by Crippen LogP contribution is 2.23. The molecule has 2 N–H and O–H groups in total. The summed E-state index contributed by atoms with van der Waals surface area (Å²) in [7, 11) is 3.44. The summed E-state index contributed by atoms with van der Waals surface area (Å²) in [6.07, 6.45) is 1.07. The second kappa shape index (κ2) is 11.9. The summed E-state index contributed by atoms with van der Waals surface area (Å²) in [6, 6.07) is 14.3. The van der Waals surface area contributed by atoms with Crippen molar-refractivity contribution in [3.8, 4) is 11.5 Å². The van der Waals surface area contributed by atoms with Gasteiger partial charge in [-0.2, -0.15) is 0 Å². The minimum Gasteiger partial charge on any atom is -0.497 e. The number of methoxy groups -OCH3 is 1. The molecule has 0 saturated carbocycles. The van der Waals surface area contributed by atoms with Crippen molar-refractivity contribution in [1.29, 1.82) is 0 Å². The van der Waals surface area contributed by atoms with E-state index in [2.05, 4.69) is 46.8 Å². The lowest BCUT2D eigenvalue weighted by molar-refractivity contribution is 0.140. The Bertz CT molecular complexity index is 808. The Kier molecular flexibility index (Phi) is 9.53. The van der Waals surface area contributed by atoms with E-state index < -0.39 is 0 Å². The van der Waals surface area contributed by atoms with Gasteiger partial charge in [-0.25, -0.2) is 0 Å². The largest absolute Gasteiger partial charge is 0.497 e. The van der Waals surface area contributed by atoms with Crippen LogP contribution in [-0.4, -0.2) is 39.4 Å². The van der Waals surface area contributed by atoms with Crippen LogP contribution in [0.1, 0.15) is 23.1 Å². The molecule has 1 heterocycles. The summed E-state index contributed by atoms with van der Waals surface area (Å²) in [6.45, 7) is 4.79. The van der Waals surface area contributed by atoms with Gasteiger partial charge in [0, 0.05) is 32.1 Å². The van der Waals surface area contributed by atoms with Crippen LogP contribution in [0.2, 0.25) is 0 Å². The average molecular weight is 511 g/mol. The molecule has 6 nitrogen and oxygen atoms in total. The summed E-state index contributed by atoms with van der Waals surface area (Å²) < 4.78 is 16.9. The highest BCUT2D eigenvalue weighted by molar-refractivity contribution is 14.0. The van der Waals surface area contributed by atoms with E-state index in [0.717, 1.165) is 41.6 Å². The summed E-state index contributed by atoms with van der Waals surface area (Å²) >= 11 is 0. The van der Waals surface area contributed by atoms with Crippen LogP contribution in [-0.2, 0) is 17.8 Å². The zero-order chi connectivity index (χ0) is 19.8. The van der Waals surface area contributed by atoms with Crippen LogP contribution in [0, 0.1) is 6.92 Å². The molecule has 0 aromatic heterocycles. The van der Waals surface area contributed by atoms with E-state index >= 15 is 0 Å². The number of ether oxygens (including phenoxy) is 3. The van der Waals surface area contributed by atoms with E-state index in [1.165, 1.54) is 5.56 Å². The number of halogens is 1. The molecule has 1 aliphatic rings. The lowest BCUT2D eigenvalue weighted by atomic mass is 10.1. The molecule has 0 aliphatic carbocycles. The van der Waals surface area contributed by atoms with E-state index in [1.807, 2.05) is 18.2 Å². The average Bonchev–Trinajstić information content (AvgIpc) is 3.22. The molecule has 29 heavy (non-hydrogen) atoms.